The van der Waals surface area contributed by atoms with Crippen molar-refractivity contribution in [2.24, 2.45) is 0 Å². The van der Waals surface area contributed by atoms with Crippen LogP contribution in [-0.2, 0) is 85.8 Å². The quantitative estimate of drug-likeness (QED) is 0.0181. The van der Waals surface area contributed by atoms with E-state index in [4.69, 9.17) is 71.1 Å². The summed E-state index contributed by atoms with van der Waals surface area (Å²) in [7, 11) is 8.45. The molecule has 0 aromatic heterocycles. The fourth-order valence-electron chi connectivity index (χ4n) is 12.9. The number of fused-ring (bicyclic) bond motifs is 7. The number of esters is 9. The zero-order chi connectivity index (χ0) is 82.3. The van der Waals surface area contributed by atoms with Gasteiger partial charge in [-0.3, -0.25) is 0 Å². The Balaban J connectivity index is 0.000000181. The number of hydrogen-bond donors (Lipinski definition) is 9. The van der Waals surface area contributed by atoms with E-state index in [0.717, 1.165) is 36.5 Å². The van der Waals surface area contributed by atoms with Crippen molar-refractivity contribution in [3.05, 3.63) is 179 Å². The van der Waals surface area contributed by atoms with Crippen LogP contribution in [0.25, 0.3) is 36.5 Å². The second kappa shape index (κ2) is 36.1. The number of rotatable bonds is 24. The van der Waals surface area contributed by atoms with Crippen LogP contribution in [-0.4, -0.2) is 214 Å². The molecular weight excluding hydrogens is 1500 g/mol. The van der Waals surface area contributed by atoms with E-state index >= 15 is 0 Å². The Labute approximate surface area is 648 Å². The minimum Gasteiger partial charge on any atom is -0.504 e. The Bertz CT molecular complexity index is 4550. The first-order chi connectivity index (χ1) is 54.3. The first-order valence-corrected chi connectivity index (χ1v) is 34.7. The summed E-state index contributed by atoms with van der Waals surface area (Å²) in [5.74, 6) is -6.56. The van der Waals surface area contributed by atoms with Crippen molar-refractivity contribution < 1.29 is 160 Å². The number of phenols is 6. The van der Waals surface area contributed by atoms with E-state index in [9.17, 15) is 89.1 Å². The first-order valence-electron chi connectivity index (χ1n) is 34.7. The van der Waals surface area contributed by atoms with Crippen molar-refractivity contribution in [3.8, 4) is 69.0 Å². The molecule has 3 aliphatic carbocycles. The Morgan fingerprint density at radius 2 is 0.509 bits per heavy atom. The fourth-order valence-corrected chi connectivity index (χ4v) is 12.9. The molecular formula is C81H78O33. The van der Waals surface area contributed by atoms with Gasteiger partial charge in [0.15, 0.2) is 104 Å². The van der Waals surface area contributed by atoms with Gasteiger partial charge in [-0.2, -0.15) is 0 Å². The van der Waals surface area contributed by atoms with Gasteiger partial charge in [-0.1, -0.05) is 36.4 Å². The van der Waals surface area contributed by atoms with Crippen LogP contribution in [0, 0.1) is 0 Å². The summed E-state index contributed by atoms with van der Waals surface area (Å²) in [6.45, 7) is 0. The highest BCUT2D eigenvalue weighted by atomic mass is 16.7. The summed E-state index contributed by atoms with van der Waals surface area (Å²) in [5, 5.41) is 91.3. The van der Waals surface area contributed by atoms with Crippen LogP contribution in [0.3, 0.4) is 0 Å². The van der Waals surface area contributed by atoms with Crippen LogP contribution in [0.4, 0.5) is 0 Å². The third-order valence-electron chi connectivity index (χ3n) is 18.6. The highest BCUT2D eigenvalue weighted by Crippen LogP contribution is 2.45. The molecule has 114 heavy (non-hydrogen) atoms. The third-order valence-corrected chi connectivity index (χ3v) is 18.6. The summed E-state index contributed by atoms with van der Waals surface area (Å²) >= 11 is 0. The predicted molar refractivity (Wildman–Crippen MR) is 394 cm³/mol. The van der Waals surface area contributed by atoms with Gasteiger partial charge in [-0.15, -0.1) is 0 Å². The molecule has 3 saturated carbocycles. The number of carbonyl (C=O) groups is 9. The molecule has 6 bridgehead atoms. The smallest absolute Gasteiger partial charge is 0.338 e. The van der Waals surface area contributed by atoms with Crippen LogP contribution in [0.15, 0.2) is 146 Å². The topological polar surface area (TPSA) is 474 Å². The van der Waals surface area contributed by atoms with Crippen LogP contribution in [0.2, 0.25) is 0 Å². The molecule has 600 valence electrons. The van der Waals surface area contributed by atoms with E-state index in [-0.39, 0.29) is 108 Å². The number of ether oxygens (including phenoxy) is 15. The van der Waals surface area contributed by atoms with E-state index in [1.54, 1.807) is 36.4 Å². The third kappa shape index (κ3) is 20.3. The zero-order valence-electron chi connectivity index (χ0n) is 61.6. The van der Waals surface area contributed by atoms with Gasteiger partial charge in [-0.25, -0.2) is 43.2 Å². The number of hydrogen-bond acceptors (Lipinski definition) is 33. The molecule has 4 aliphatic heterocycles. The maximum atomic E-state index is 12.6. The van der Waals surface area contributed by atoms with E-state index in [1.165, 1.54) is 152 Å². The van der Waals surface area contributed by atoms with Crippen molar-refractivity contribution in [1.29, 1.82) is 0 Å². The molecule has 33 heteroatoms. The Kier molecular flexibility index (Phi) is 26.3. The lowest BCUT2D eigenvalue weighted by Gasteiger charge is -2.48. The second-order valence-corrected chi connectivity index (χ2v) is 26.4. The van der Waals surface area contributed by atoms with Gasteiger partial charge in [0.05, 0.1) is 42.7 Å². The van der Waals surface area contributed by atoms with Crippen molar-refractivity contribution in [3.63, 3.8) is 0 Å². The normalized spacial score (nSPS) is 24.3. The van der Waals surface area contributed by atoms with Crippen molar-refractivity contribution in [2.75, 3.05) is 42.7 Å². The number of aliphatic hydroxyl groups is 3. The standard InChI is InChI=1S/3C27H26O11/c2*1-34-19-7-3-15(11-17(19)28)5-9-23(30)36-21-13-27(33)14-22(37-26(27)32)25(21)38-24(31)10-6-16-4-8-20(35-2)18(29)12-16;1-34-19-7-3-15(11-17(19)28)5-9-23(30)36-21-13-27(33)14-22(25(21)38-26(27)32)37-24(31)10-6-16-4-8-20(35-2)18(29)12-16/h3*3-12,21-22,25,28-29,33H,13-14H2,1-2H3/b3*9-5+,10-6+. The number of methoxy groups -OCH3 is 6. The molecule has 10 atom stereocenters. The molecule has 7 aliphatic rings. The number of benzene rings is 6. The lowest BCUT2D eigenvalue weighted by molar-refractivity contribution is -0.247. The molecule has 13 rings (SSSR count). The monoisotopic (exact) mass is 1580 g/mol. The number of aromatic hydroxyl groups is 6. The molecule has 0 amide bonds. The van der Waals surface area contributed by atoms with Crippen LogP contribution >= 0.6 is 0 Å². The van der Waals surface area contributed by atoms with Gasteiger partial charge in [0.1, 0.15) is 36.6 Å². The molecule has 4 heterocycles. The Morgan fingerprint density at radius 1 is 0.307 bits per heavy atom. The lowest BCUT2D eigenvalue weighted by Crippen LogP contribution is -2.65. The summed E-state index contributed by atoms with van der Waals surface area (Å²) < 4.78 is 78.2. The second-order valence-electron chi connectivity index (χ2n) is 26.4. The molecule has 0 spiro atoms. The highest BCUT2D eigenvalue weighted by molar-refractivity contribution is 5.92. The number of phenolic OH excluding ortho intramolecular Hbond substituents is 6. The first kappa shape index (κ1) is 83.0. The molecule has 0 radical (unpaired) electrons. The molecule has 4 saturated heterocycles. The van der Waals surface area contributed by atoms with Crippen LogP contribution in [0.5, 0.6) is 69.0 Å². The van der Waals surface area contributed by atoms with Gasteiger partial charge >= 0.3 is 53.7 Å². The van der Waals surface area contributed by atoms with Crippen LogP contribution in [0.1, 0.15) is 71.9 Å². The van der Waals surface area contributed by atoms with Gasteiger partial charge in [0, 0.05) is 75.0 Å². The fraction of sp³-hybridized carbons (Fsp3) is 0.296. The summed E-state index contributed by atoms with van der Waals surface area (Å²) in [5.41, 5.74) is -2.76. The summed E-state index contributed by atoms with van der Waals surface area (Å²) in [6.07, 6.45) is 3.80. The van der Waals surface area contributed by atoms with Crippen LogP contribution < -0.4 is 28.4 Å². The Morgan fingerprint density at radius 3 is 0.728 bits per heavy atom. The lowest BCUT2D eigenvalue weighted by atomic mass is 9.76. The van der Waals surface area contributed by atoms with Gasteiger partial charge in [0.25, 0.3) is 0 Å². The minimum atomic E-state index is -1.98. The van der Waals surface area contributed by atoms with Gasteiger partial charge in [0.2, 0.25) is 0 Å². The summed E-state index contributed by atoms with van der Waals surface area (Å²) in [4.78, 5) is 112. The highest BCUT2D eigenvalue weighted by Gasteiger charge is 2.63. The molecule has 6 aromatic rings. The average molecular weight is 1580 g/mol. The largest absolute Gasteiger partial charge is 0.504 e. The molecule has 10 unspecified atom stereocenters. The van der Waals surface area contributed by atoms with E-state index < -0.39 is 125 Å². The average Bonchev–Trinajstić information content (AvgIpc) is 1.16. The van der Waals surface area contributed by atoms with Crippen molar-refractivity contribution >= 4 is 90.2 Å². The van der Waals surface area contributed by atoms with Crippen molar-refractivity contribution in [2.45, 2.75) is 110 Å². The molecule has 6 aromatic carbocycles. The van der Waals surface area contributed by atoms with Gasteiger partial charge < -0.3 is 117 Å². The van der Waals surface area contributed by atoms with E-state index in [1.807, 2.05) is 0 Å². The minimum absolute atomic E-state index is 0.107. The van der Waals surface area contributed by atoms with E-state index in [2.05, 4.69) is 0 Å². The number of carbonyl (C=O) groups excluding carboxylic acids is 9. The molecule has 9 N–H and O–H groups in total. The maximum Gasteiger partial charge on any atom is 0.338 e. The summed E-state index contributed by atoms with van der Waals surface area (Å²) in [6, 6.07) is 27.2. The molecule has 7 fully saturated rings. The predicted octanol–water partition coefficient (Wildman–Crippen LogP) is 6.35. The van der Waals surface area contributed by atoms with E-state index in [0.29, 0.717) is 33.4 Å². The SMILES string of the molecule is COc1ccc(/C=C/C(=O)OC2CC3(O)CC(OC(=O)/C=C/c4ccc(OC)c(O)c4)C2OC3=O)cc1O.COc1ccc(/C=C/C(=O)OC2CC3(O)CC(OC3=O)C2OC(=O)/C=C/c2ccc(OC)c(O)c2)cc1O.COc1ccc(/C=C/C(=O)OC2CC3(O)CC(OC3=O)C2OC(=O)/C=C/c2ccc(OC)c(O)c2)cc1O. The maximum absolute atomic E-state index is 12.6. The zero-order valence-corrected chi connectivity index (χ0v) is 61.6. The van der Waals surface area contributed by atoms with Gasteiger partial charge in [-0.05, 0) is 143 Å². The Hall–Kier alpha value is -13.5. The molecule has 33 nitrogen and oxygen atoms in total. The van der Waals surface area contributed by atoms with Crippen molar-refractivity contribution in [1.82, 2.24) is 0 Å².